The number of pyridine rings is 2. The van der Waals surface area contributed by atoms with Gasteiger partial charge in [-0.15, -0.1) is 5.10 Å². The van der Waals surface area contributed by atoms with Crippen molar-refractivity contribution in [3.63, 3.8) is 0 Å². The van der Waals surface area contributed by atoms with Gasteiger partial charge in [-0.3, -0.25) is 20.0 Å². The van der Waals surface area contributed by atoms with E-state index in [-0.39, 0.29) is 0 Å². The molecule has 34 heavy (non-hydrogen) atoms. The van der Waals surface area contributed by atoms with Gasteiger partial charge in [-0.2, -0.15) is 0 Å². The molecule has 4 heterocycles. The Labute approximate surface area is 202 Å². The van der Waals surface area contributed by atoms with Gasteiger partial charge >= 0.3 is 0 Å². The summed E-state index contributed by atoms with van der Waals surface area (Å²) < 4.78 is 11.9. The molecular formula is C24H26ClN7O2. The molecule has 1 fully saturated rings. The number of fused-ring (bicyclic) bond motifs is 1. The molecule has 0 spiro atoms. The summed E-state index contributed by atoms with van der Waals surface area (Å²) in [7, 11) is 0. The van der Waals surface area contributed by atoms with Crippen molar-refractivity contribution in [3.05, 3.63) is 65.7 Å². The number of nitrogens with zero attached hydrogens (tertiary/aromatic N) is 4. The van der Waals surface area contributed by atoms with E-state index in [1.54, 1.807) is 18.6 Å². The zero-order valence-electron chi connectivity index (χ0n) is 18.6. The summed E-state index contributed by atoms with van der Waals surface area (Å²) >= 11 is 6.48. The highest BCUT2D eigenvalue weighted by molar-refractivity contribution is 6.32. The Bertz CT molecular complexity index is 1230. The van der Waals surface area contributed by atoms with E-state index in [1.165, 1.54) is 0 Å². The molecule has 0 radical (unpaired) electrons. The molecule has 1 saturated heterocycles. The fraction of sp³-hybridized carbons (Fsp3) is 0.292. The maximum Gasteiger partial charge on any atom is 0.242 e. The summed E-state index contributed by atoms with van der Waals surface area (Å²) in [5.74, 6) is 1.14. The molecule has 3 N–H and O–H groups in total. The molecule has 0 aliphatic carbocycles. The fourth-order valence-corrected chi connectivity index (χ4v) is 4.07. The number of aromatic nitrogens is 4. The number of rotatable bonds is 9. The Kier molecular flexibility index (Phi) is 7.04. The van der Waals surface area contributed by atoms with Crippen LogP contribution in [-0.2, 0) is 6.61 Å². The van der Waals surface area contributed by atoms with Crippen LogP contribution < -0.4 is 20.1 Å². The van der Waals surface area contributed by atoms with Crippen molar-refractivity contribution in [1.29, 1.82) is 0 Å². The third-order valence-electron chi connectivity index (χ3n) is 5.61. The van der Waals surface area contributed by atoms with Crippen molar-refractivity contribution in [2.45, 2.75) is 6.61 Å². The highest BCUT2D eigenvalue weighted by atomic mass is 35.5. The van der Waals surface area contributed by atoms with Gasteiger partial charge in [0.25, 0.3) is 0 Å². The quantitative estimate of drug-likeness (QED) is 0.335. The first-order chi connectivity index (χ1) is 16.8. The Hall–Kier alpha value is -3.40. The molecule has 3 aromatic heterocycles. The predicted octanol–water partition coefficient (Wildman–Crippen LogP) is 3.61. The SMILES string of the molecule is Clc1cc(Nc2cncc3[nH]nc(OCCN4CCNCC4)c23)ccc1OCc1ccccn1. The largest absolute Gasteiger partial charge is 0.486 e. The molecule has 0 amide bonds. The van der Waals surface area contributed by atoms with E-state index in [4.69, 9.17) is 21.1 Å². The molecule has 1 aliphatic rings. The highest BCUT2D eigenvalue weighted by Crippen LogP contribution is 2.34. The van der Waals surface area contributed by atoms with Crippen LogP contribution in [0.25, 0.3) is 10.9 Å². The minimum absolute atomic E-state index is 0.347. The lowest BCUT2D eigenvalue weighted by atomic mass is 10.2. The second kappa shape index (κ2) is 10.7. The average molecular weight is 480 g/mol. The molecule has 1 aromatic carbocycles. The molecule has 0 atom stereocenters. The van der Waals surface area contributed by atoms with Crippen LogP contribution in [0.1, 0.15) is 5.69 Å². The standard InChI is InChI=1S/C24H26ClN7O2/c25-19-13-17(4-5-22(19)34-16-18-3-1-2-6-28-18)29-20-14-27-15-21-23(20)24(31-30-21)33-12-11-32-9-7-26-8-10-32/h1-6,13-15,26,29H,7-12,16H2,(H,30,31). The second-order valence-corrected chi connectivity index (χ2v) is 8.37. The molecule has 10 heteroatoms. The van der Waals surface area contributed by atoms with E-state index in [9.17, 15) is 0 Å². The summed E-state index contributed by atoms with van der Waals surface area (Å²) in [5.41, 5.74) is 3.21. The summed E-state index contributed by atoms with van der Waals surface area (Å²) in [6, 6.07) is 11.3. The molecule has 5 rings (SSSR count). The van der Waals surface area contributed by atoms with Gasteiger partial charge in [0.15, 0.2) is 0 Å². The lowest BCUT2D eigenvalue weighted by molar-refractivity contribution is 0.189. The fourth-order valence-electron chi connectivity index (χ4n) is 3.83. The smallest absolute Gasteiger partial charge is 0.242 e. The van der Waals surface area contributed by atoms with E-state index in [0.29, 0.717) is 29.9 Å². The average Bonchev–Trinajstić information content (AvgIpc) is 3.29. The topological polar surface area (TPSA) is 100 Å². The number of hydrogen-bond acceptors (Lipinski definition) is 8. The van der Waals surface area contributed by atoms with Gasteiger partial charge in [-0.1, -0.05) is 17.7 Å². The summed E-state index contributed by atoms with van der Waals surface area (Å²) in [4.78, 5) is 11.0. The van der Waals surface area contributed by atoms with E-state index in [0.717, 1.165) is 60.7 Å². The van der Waals surface area contributed by atoms with Crippen molar-refractivity contribution in [2.75, 3.05) is 44.6 Å². The van der Waals surface area contributed by atoms with Crippen LogP contribution in [0.5, 0.6) is 11.6 Å². The number of halogens is 1. The van der Waals surface area contributed by atoms with Gasteiger partial charge < -0.3 is 20.1 Å². The monoisotopic (exact) mass is 479 g/mol. The van der Waals surface area contributed by atoms with Crippen molar-refractivity contribution in [3.8, 4) is 11.6 Å². The van der Waals surface area contributed by atoms with Crippen LogP contribution >= 0.6 is 11.6 Å². The molecule has 0 bridgehead atoms. The molecule has 4 aromatic rings. The first-order valence-electron chi connectivity index (χ1n) is 11.2. The van der Waals surface area contributed by atoms with Gasteiger partial charge in [0.1, 0.15) is 19.0 Å². The van der Waals surface area contributed by atoms with Gasteiger partial charge in [0.2, 0.25) is 5.88 Å². The first-order valence-corrected chi connectivity index (χ1v) is 11.6. The van der Waals surface area contributed by atoms with Crippen LogP contribution in [0, 0.1) is 0 Å². The van der Waals surface area contributed by atoms with Crippen molar-refractivity contribution >= 4 is 33.9 Å². The van der Waals surface area contributed by atoms with E-state index in [1.807, 2.05) is 36.4 Å². The second-order valence-electron chi connectivity index (χ2n) is 7.96. The molecule has 176 valence electrons. The molecule has 9 nitrogen and oxygen atoms in total. The third-order valence-corrected chi connectivity index (χ3v) is 5.90. The van der Waals surface area contributed by atoms with E-state index >= 15 is 0 Å². The zero-order chi connectivity index (χ0) is 23.2. The molecule has 0 unspecified atom stereocenters. The summed E-state index contributed by atoms with van der Waals surface area (Å²) in [6.07, 6.45) is 5.22. The number of ether oxygens (including phenoxy) is 2. The summed E-state index contributed by atoms with van der Waals surface area (Å²) in [6.45, 7) is 5.87. The van der Waals surface area contributed by atoms with E-state index in [2.05, 4.69) is 35.7 Å². The lowest BCUT2D eigenvalue weighted by Crippen LogP contribution is -2.44. The number of aromatic amines is 1. The molecular weight excluding hydrogens is 454 g/mol. The van der Waals surface area contributed by atoms with Gasteiger partial charge in [0.05, 0.1) is 39.7 Å². The lowest BCUT2D eigenvalue weighted by Gasteiger charge is -2.26. The summed E-state index contributed by atoms with van der Waals surface area (Å²) in [5, 5.41) is 15.4. The van der Waals surface area contributed by atoms with Crippen LogP contribution in [0.2, 0.25) is 5.02 Å². The maximum absolute atomic E-state index is 6.48. The minimum atomic E-state index is 0.347. The normalized spacial score (nSPS) is 14.3. The van der Waals surface area contributed by atoms with Crippen LogP contribution in [-0.4, -0.2) is 64.4 Å². The number of piperazine rings is 1. The van der Waals surface area contributed by atoms with Crippen LogP contribution in [0.15, 0.2) is 55.0 Å². The maximum atomic E-state index is 6.48. The van der Waals surface area contributed by atoms with Crippen molar-refractivity contribution in [2.24, 2.45) is 0 Å². The van der Waals surface area contributed by atoms with Crippen molar-refractivity contribution < 1.29 is 9.47 Å². The Morgan fingerprint density at radius 1 is 1.09 bits per heavy atom. The number of H-pyrrole nitrogens is 1. The van der Waals surface area contributed by atoms with Crippen LogP contribution in [0.4, 0.5) is 11.4 Å². The third kappa shape index (κ3) is 5.39. The Balaban J connectivity index is 1.26. The van der Waals surface area contributed by atoms with Gasteiger partial charge in [-0.25, -0.2) is 0 Å². The zero-order valence-corrected chi connectivity index (χ0v) is 19.4. The number of anilines is 2. The number of hydrogen-bond donors (Lipinski definition) is 3. The number of nitrogens with one attached hydrogen (secondary N) is 3. The van der Waals surface area contributed by atoms with Crippen molar-refractivity contribution in [1.82, 2.24) is 30.4 Å². The van der Waals surface area contributed by atoms with Crippen LogP contribution in [0.3, 0.4) is 0 Å². The Morgan fingerprint density at radius 2 is 2.00 bits per heavy atom. The van der Waals surface area contributed by atoms with Gasteiger partial charge in [-0.05, 0) is 30.3 Å². The number of benzene rings is 1. The first kappa shape index (κ1) is 22.4. The van der Waals surface area contributed by atoms with E-state index < -0.39 is 0 Å². The molecule has 0 saturated carbocycles. The van der Waals surface area contributed by atoms with Gasteiger partial charge in [0, 0.05) is 44.6 Å². The highest BCUT2D eigenvalue weighted by Gasteiger charge is 2.15. The minimum Gasteiger partial charge on any atom is -0.486 e. The molecule has 1 aliphatic heterocycles. The predicted molar refractivity (Wildman–Crippen MR) is 132 cm³/mol. The Morgan fingerprint density at radius 3 is 2.82 bits per heavy atom.